The van der Waals surface area contributed by atoms with Crippen LogP contribution in [0.4, 0.5) is 0 Å². The lowest BCUT2D eigenvalue weighted by Crippen LogP contribution is -1.99. The molecule has 0 unspecified atom stereocenters. The van der Waals surface area contributed by atoms with E-state index in [9.17, 15) is 9.90 Å². The second-order valence-electron chi connectivity index (χ2n) is 4.36. The molecule has 0 saturated heterocycles. The first kappa shape index (κ1) is 14.7. The molecule has 2 aromatic carbocycles. The summed E-state index contributed by atoms with van der Waals surface area (Å²) in [7, 11) is 3.16. The molecule has 0 saturated carbocycles. The van der Waals surface area contributed by atoms with Crippen molar-refractivity contribution in [2.75, 3.05) is 14.2 Å². The van der Waals surface area contributed by atoms with Crippen LogP contribution in [0.1, 0.15) is 11.1 Å². The van der Waals surface area contributed by atoms with Crippen LogP contribution in [0.3, 0.4) is 0 Å². The highest BCUT2D eigenvalue weighted by Gasteiger charge is 2.10. The van der Waals surface area contributed by atoms with Gasteiger partial charge in [-0.15, -0.1) is 0 Å². The second kappa shape index (κ2) is 6.61. The van der Waals surface area contributed by atoms with Crippen molar-refractivity contribution in [2.24, 2.45) is 0 Å². The van der Waals surface area contributed by atoms with Gasteiger partial charge in [-0.1, -0.05) is 24.3 Å². The number of rotatable bonds is 5. The normalized spacial score (nSPS) is 11.0. The Bertz CT molecular complexity index is 639. The summed E-state index contributed by atoms with van der Waals surface area (Å²) in [6.45, 7) is 0. The molecule has 0 aromatic heterocycles. The van der Waals surface area contributed by atoms with Crippen LogP contribution in [0.5, 0.6) is 11.5 Å². The molecular weight excluding hydrogens is 268 g/mol. The quantitative estimate of drug-likeness (QED) is 0.676. The molecule has 0 bridgehead atoms. The molecule has 0 aliphatic rings. The van der Waals surface area contributed by atoms with Gasteiger partial charge in [0.15, 0.2) is 0 Å². The Morgan fingerprint density at radius 1 is 0.905 bits per heavy atom. The molecule has 4 heteroatoms. The van der Waals surface area contributed by atoms with Crippen molar-refractivity contribution in [3.05, 3.63) is 59.7 Å². The number of ether oxygens (including phenoxy) is 2. The number of aliphatic carboxylic acids is 1. The molecule has 108 valence electrons. The largest absolute Gasteiger partial charge is 0.497 e. The monoisotopic (exact) mass is 284 g/mol. The SMILES string of the molecule is COc1ccc(/C=C(/C(=O)O)c2ccc(OC)cc2)cc1. The van der Waals surface area contributed by atoms with Crippen molar-refractivity contribution in [3.8, 4) is 11.5 Å². The first-order valence-corrected chi connectivity index (χ1v) is 6.37. The van der Waals surface area contributed by atoms with Gasteiger partial charge >= 0.3 is 5.97 Å². The number of carboxylic acid groups (broad SMARTS) is 1. The van der Waals surface area contributed by atoms with E-state index in [0.717, 1.165) is 11.3 Å². The lowest BCUT2D eigenvalue weighted by Gasteiger charge is -2.05. The number of carboxylic acids is 1. The van der Waals surface area contributed by atoms with E-state index in [1.165, 1.54) is 0 Å². The molecule has 0 fully saturated rings. The predicted molar refractivity (Wildman–Crippen MR) is 81.5 cm³/mol. The van der Waals surface area contributed by atoms with Gasteiger partial charge in [-0.3, -0.25) is 0 Å². The Morgan fingerprint density at radius 3 is 1.81 bits per heavy atom. The average Bonchev–Trinajstić information content (AvgIpc) is 2.53. The molecule has 0 aliphatic heterocycles. The van der Waals surface area contributed by atoms with Crippen LogP contribution in [0.25, 0.3) is 11.6 Å². The fraction of sp³-hybridized carbons (Fsp3) is 0.118. The molecule has 0 heterocycles. The minimum Gasteiger partial charge on any atom is -0.497 e. The maximum Gasteiger partial charge on any atom is 0.336 e. The van der Waals surface area contributed by atoms with Crippen molar-refractivity contribution in [2.45, 2.75) is 0 Å². The third-order valence-corrected chi connectivity index (χ3v) is 3.06. The highest BCUT2D eigenvalue weighted by molar-refractivity contribution is 6.20. The predicted octanol–water partition coefficient (Wildman–Crippen LogP) is 3.33. The summed E-state index contributed by atoms with van der Waals surface area (Å²) in [5, 5.41) is 9.39. The highest BCUT2D eigenvalue weighted by Crippen LogP contribution is 2.22. The molecule has 4 nitrogen and oxygen atoms in total. The minimum atomic E-state index is -0.976. The molecule has 0 spiro atoms. The van der Waals surface area contributed by atoms with Gasteiger partial charge in [0.2, 0.25) is 0 Å². The summed E-state index contributed by atoms with van der Waals surface area (Å²) in [6.07, 6.45) is 1.63. The van der Waals surface area contributed by atoms with E-state index < -0.39 is 5.97 Å². The lowest BCUT2D eigenvalue weighted by atomic mass is 10.0. The molecule has 0 aliphatic carbocycles. The number of hydrogen-bond donors (Lipinski definition) is 1. The maximum atomic E-state index is 11.5. The van der Waals surface area contributed by atoms with Crippen molar-refractivity contribution in [3.63, 3.8) is 0 Å². The Morgan fingerprint density at radius 2 is 1.38 bits per heavy atom. The van der Waals surface area contributed by atoms with Crippen LogP contribution in [0.15, 0.2) is 48.5 Å². The minimum absolute atomic E-state index is 0.225. The Balaban J connectivity index is 2.36. The molecule has 21 heavy (non-hydrogen) atoms. The summed E-state index contributed by atoms with van der Waals surface area (Å²) in [6, 6.07) is 14.1. The number of hydrogen-bond acceptors (Lipinski definition) is 3. The first-order chi connectivity index (χ1) is 10.1. The molecule has 0 amide bonds. The van der Waals surface area contributed by atoms with Gasteiger partial charge in [-0.05, 0) is 41.5 Å². The standard InChI is InChI=1S/C17H16O4/c1-20-14-7-3-12(4-8-14)11-16(17(18)19)13-5-9-15(21-2)10-6-13/h3-11H,1-2H3,(H,18,19)/b16-11+. The number of carbonyl (C=O) groups is 1. The summed E-state index contributed by atoms with van der Waals surface area (Å²) < 4.78 is 10.2. The van der Waals surface area contributed by atoms with E-state index >= 15 is 0 Å². The van der Waals surface area contributed by atoms with E-state index in [4.69, 9.17) is 9.47 Å². The van der Waals surface area contributed by atoms with Gasteiger partial charge in [0.05, 0.1) is 19.8 Å². The van der Waals surface area contributed by atoms with Crippen LogP contribution in [-0.4, -0.2) is 25.3 Å². The first-order valence-electron chi connectivity index (χ1n) is 6.37. The Hall–Kier alpha value is -2.75. The molecule has 1 N–H and O–H groups in total. The number of methoxy groups -OCH3 is 2. The van der Waals surface area contributed by atoms with Crippen molar-refractivity contribution in [1.82, 2.24) is 0 Å². The smallest absolute Gasteiger partial charge is 0.336 e. The number of benzene rings is 2. The van der Waals surface area contributed by atoms with Gasteiger partial charge < -0.3 is 14.6 Å². The molecule has 2 rings (SSSR count). The van der Waals surface area contributed by atoms with Crippen LogP contribution in [0.2, 0.25) is 0 Å². The van der Waals surface area contributed by atoms with Gasteiger partial charge in [-0.25, -0.2) is 4.79 Å². The lowest BCUT2D eigenvalue weighted by molar-refractivity contribution is -0.130. The zero-order valence-corrected chi connectivity index (χ0v) is 11.9. The summed E-state index contributed by atoms with van der Waals surface area (Å²) in [5.41, 5.74) is 1.64. The third-order valence-electron chi connectivity index (χ3n) is 3.06. The summed E-state index contributed by atoms with van der Waals surface area (Å²) in [5.74, 6) is 0.442. The van der Waals surface area contributed by atoms with Crippen LogP contribution in [0, 0.1) is 0 Å². The van der Waals surface area contributed by atoms with Gasteiger partial charge in [0.25, 0.3) is 0 Å². The summed E-state index contributed by atoms with van der Waals surface area (Å²) >= 11 is 0. The average molecular weight is 284 g/mol. The van der Waals surface area contributed by atoms with Gasteiger partial charge in [0.1, 0.15) is 11.5 Å². The fourth-order valence-corrected chi connectivity index (χ4v) is 1.91. The molecular formula is C17H16O4. The van der Waals surface area contributed by atoms with Crippen molar-refractivity contribution >= 4 is 17.6 Å². The van der Waals surface area contributed by atoms with E-state index in [-0.39, 0.29) is 5.57 Å². The topological polar surface area (TPSA) is 55.8 Å². The fourth-order valence-electron chi connectivity index (χ4n) is 1.91. The van der Waals surface area contributed by atoms with Crippen molar-refractivity contribution in [1.29, 1.82) is 0 Å². The van der Waals surface area contributed by atoms with E-state index in [2.05, 4.69) is 0 Å². The molecule has 0 atom stereocenters. The van der Waals surface area contributed by atoms with Crippen LogP contribution >= 0.6 is 0 Å². The zero-order valence-electron chi connectivity index (χ0n) is 11.9. The van der Waals surface area contributed by atoms with Crippen LogP contribution < -0.4 is 9.47 Å². The second-order valence-corrected chi connectivity index (χ2v) is 4.36. The summed E-state index contributed by atoms with van der Waals surface area (Å²) in [4.78, 5) is 11.5. The highest BCUT2D eigenvalue weighted by atomic mass is 16.5. The molecule has 0 radical (unpaired) electrons. The van der Waals surface area contributed by atoms with Crippen molar-refractivity contribution < 1.29 is 19.4 Å². The van der Waals surface area contributed by atoms with Gasteiger partial charge in [-0.2, -0.15) is 0 Å². The maximum absolute atomic E-state index is 11.5. The van der Waals surface area contributed by atoms with E-state index in [1.807, 2.05) is 12.1 Å². The van der Waals surface area contributed by atoms with Crippen LogP contribution in [-0.2, 0) is 4.79 Å². The Labute approximate surface area is 123 Å². The van der Waals surface area contributed by atoms with E-state index in [0.29, 0.717) is 11.3 Å². The van der Waals surface area contributed by atoms with Gasteiger partial charge in [0, 0.05) is 0 Å². The molecule has 2 aromatic rings. The third kappa shape index (κ3) is 3.63. The van der Waals surface area contributed by atoms with E-state index in [1.54, 1.807) is 56.7 Å². The zero-order chi connectivity index (χ0) is 15.2. The Kier molecular flexibility index (Phi) is 4.61.